The van der Waals surface area contributed by atoms with Crippen LogP contribution in [0.25, 0.3) is 11.3 Å². The van der Waals surface area contributed by atoms with Gasteiger partial charge in [-0.05, 0) is 24.6 Å². The summed E-state index contributed by atoms with van der Waals surface area (Å²) < 4.78 is 0.993. The first-order valence-electron chi connectivity index (χ1n) is 4.63. The number of nitrogens with zero attached hydrogens (tertiary/aromatic N) is 1. The van der Waals surface area contributed by atoms with Gasteiger partial charge in [-0.25, -0.2) is 4.79 Å². The molecule has 0 aliphatic heterocycles. The Morgan fingerprint density at radius 2 is 2.25 bits per heavy atom. The minimum Gasteiger partial charge on any atom is -0.478 e. The number of carboxylic acid groups (broad SMARTS) is 1. The molecule has 0 bridgehead atoms. The largest absolute Gasteiger partial charge is 0.478 e. The third-order valence-electron chi connectivity index (χ3n) is 2.32. The molecule has 0 spiro atoms. The first-order chi connectivity index (χ1) is 7.59. The molecule has 0 saturated heterocycles. The molecule has 1 heterocycles. The molecule has 0 aliphatic carbocycles. The predicted molar refractivity (Wildman–Crippen MR) is 63.4 cm³/mol. The fraction of sp³-hybridized carbons (Fsp3) is 0.0909. The molecule has 2 N–H and O–H groups in total. The van der Waals surface area contributed by atoms with E-state index in [1.54, 1.807) is 0 Å². The zero-order chi connectivity index (χ0) is 11.7. The van der Waals surface area contributed by atoms with Crippen LogP contribution in [0.5, 0.6) is 0 Å². The molecule has 0 amide bonds. The number of rotatable bonds is 2. The molecule has 0 atom stereocenters. The topological polar surface area (TPSA) is 66.0 Å². The van der Waals surface area contributed by atoms with Crippen LogP contribution < -0.4 is 0 Å². The Kier molecular flexibility index (Phi) is 2.78. The molecule has 1 aromatic heterocycles. The lowest BCUT2D eigenvalue weighted by molar-refractivity contribution is 0.0698. The lowest BCUT2D eigenvalue weighted by atomic mass is 10.1. The second kappa shape index (κ2) is 4.09. The Morgan fingerprint density at radius 3 is 2.88 bits per heavy atom. The monoisotopic (exact) mass is 280 g/mol. The molecule has 82 valence electrons. The van der Waals surface area contributed by atoms with Gasteiger partial charge in [0.1, 0.15) is 5.56 Å². The number of aromatic carboxylic acids is 1. The van der Waals surface area contributed by atoms with E-state index in [0.717, 1.165) is 15.6 Å². The number of carboxylic acids is 1. The first kappa shape index (κ1) is 10.9. The van der Waals surface area contributed by atoms with Gasteiger partial charge in [-0.15, -0.1) is 0 Å². The van der Waals surface area contributed by atoms with E-state index in [-0.39, 0.29) is 5.56 Å². The molecule has 2 aromatic rings. The number of carbonyl (C=O) groups is 1. The molecule has 5 heteroatoms. The average Bonchev–Trinajstić information content (AvgIpc) is 2.71. The smallest absolute Gasteiger partial charge is 0.339 e. The van der Waals surface area contributed by atoms with Crippen molar-refractivity contribution in [2.75, 3.05) is 0 Å². The standard InChI is InChI=1S/C11H9BrN2O2/c1-6-4-7(2-3-9(6)12)10-8(11(15)16)5-13-14-10/h2-5H,1H3,(H,13,14)(H,15,16). The van der Waals surface area contributed by atoms with Gasteiger partial charge in [-0.1, -0.05) is 22.0 Å². The predicted octanol–water partition coefficient (Wildman–Crippen LogP) is 2.85. The molecule has 16 heavy (non-hydrogen) atoms. The molecule has 0 aliphatic rings. The Labute approximate surface area is 100 Å². The highest BCUT2D eigenvalue weighted by molar-refractivity contribution is 9.10. The lowest BCUT2D eigenvalue weighted by Gasteiger charge is -2.03. The summed E-state index contributed by atoms with van der Waals surface area (Å²) in [4.78, 5) is 10.9. The van der Waals surface area contributed by atoms with Crippen molar-refractivity contribution in [2.45, 2.75) is 6.92 Å². The van der Waals surface area contributed by atoms with Crippen molar-refractivity contribution in [2.24, 2.45) is 0 Å². The highest BCUT2D eigenvalue weighted by atomic mass is 79.9. The third kappa shape index (κ3) is 1.86. The number of hydrogen-bond acceptors (Lipinski definition) is 2. The van der Waals surface area contributed by atoms with Crippen molar-refractivity contribution in [1.29, 1.82) is 0 Å². The maximum absolute atomic E-state index is 10.9. The molecule has 2 rings (SSSR count). The maximum atomic E-state index is 10.9. The van der Waals surface area contributed by atoms with Crippen molar-refractivity contribution in [3.8, 4) is 11.3 Å². The van der Waals surface area contributed by atoms with E-state index in [1.165, 1.54) is 6.20 Å². The highest BCUT2D eigenvalue weighted by Gasteiger charge is 2.14. The van der Waals surface area contributed by atoms with Gasteiger partial charge in [0, 0.05) is 10.0 Å². The van der Waals surface area contributed by atoms with Gasteiger partial charge in [0.05, 0.1) is 11.9 Å². The van der Waals surface area contributed by atoms with Crippen LogP contribution in [0.4, 0.5) is 0 Å². The number of aromatic amines is 1. The summed E-state index contributed by atoms with van der Waals surface area (Å²) in [7, 11) is 0. The molecule has 1 aromatic carbocycles. The average molecular weight is 281 g/mol. The Balaban J connectivity index is 2.54. The van der Waals surface area contributed by atoms with E-state index in [0.29, 0.717) is 5.69 Å². The van der Waals surface area contributed by atoms with Gasteiger partial charge in [-0.3, -0.25) is 5.10 Å². The van der Waals surface area contributed by atoms with Gasteiger partial charge >= 0.3 is 5.97 Å². The van der Waals surface area contributed by atoms with Crippen molar-refractivity contribution in [3.05, 3.63) is 40.0 Å². The van der Waals surface area contributed by atoms with Crippen LogP contribution in [-0.2, 0) is 0 Å². The number of hydrogen-bond donors (Lipinski definition) is 2. The maximum Gasteiger partial charge on any atom is 0.339 e. The van der Waals surface area contributed by atoms with Crippen molar-refractivity contribution in [1.82, 2.24) is 10.2 Å². The van der Waals surface area contributed by atoms with Gasteiger partial charge in [0.25, 0.3) is 0 Å². The van der Waals surface area contributed by atoms with Crippen LogP contribution in [0, 0.1) is 6.92 Å². The second-order valence-electron chi connectivity index (χ2n) is 3.43. The zero-order valence-electron chi connectivity index (χ0n) is 8.49. The summed E-state index contributed by atoms with van der Waals surface area (Å²) in [6.07, 6.45) is 1.31. The molecular formula is C11H9BrN2O2. The van der Waals surface area contributed by atoms with Crippen LogP contribution in [0.2, 0.25) is 0 Å². The van der Waals surface area contributed by atoms with Crippen molar-refractivity contribution in [3.63, 3.8) is 0 Å². The number of benzene rings is 1. The minimum absolute atomic E-state index is 0.182. The number of halogens is 1. The Bertz CT molecular complexity index is 549. The Hall–Kier alpha value is -1.62. The molecule has 0 saturated carbocycles. The Morgan fingerprint density at radius 1 is 1.50 bits per heavy atom. The fourth-order valence-electron chi connectivity index (χ4n) is 1.47. The third-order valence-corrected chi connectivity index (χ3v) is 3.21. The van der Waals surface area contributed by atoms with E-state index in [1.807, 2.05) is 25.1 Å². The van der Waals surface area contributed by atoms with E-state index in [2.05, 4.69) is 26.1 Å². The van der Waals surface area contributed by atoms with Crippen molar-refractivity contribution >= 4 is 21.9 Å². The van der Waals surface area contributed by atoms with Crippen molar-refractivity contribution < 1.29 is 9.90 Å². The summed E-state index contributed by atoms with van der Waals surface area (Å²) in [5.41, 5.74) is 2.57. The van der Waals surface area contributed by atoms with E-state index in [9.17, 15) is 4.79 Å². The molecule has 0 unspecified atom stereocenters. The summed E-state index contributed by atoms with van der Waals surface area (Å²) >= 11 is 3.40. The van der Waals surface area contributed by atoms with Gasteiger partial charge in [0.15, 0.2) is 0 Å². The number of aryl methyl sites for hydroxylation is 1. The van der Waals surface area contributed by atoms with Crippen LogP contribution in [0.15, 0.2) is 28.9 Å². The van der Waals surface area contributed by atoms with Crippen LogP contribution in [-0.4, -0.2) is 21.3 Å². The van der Waals surface area contributed by atoms with Crippen LogP contribution >= 0.6 is 15.9 Å². The highest BCUT2D eigenvalue weighted by Crippen LogP contribution is 2.25. The molecule has 0 fully saturated rings. The first-order valence-corrected chi connectivity index (χ1v) is 5.42. The summed E-state index contributed by atoms with van der Waals surface area (Å²) in [5.74, 6) is -0.982. The number of nitrogens with one attached hydrogen (secondary N) is 1. The minimum atomic E-state index is -0.982. The molecule has 0 radical (unpaired) electrons. The van der Waals surface area contributed by atoms with Gasteiger partial charge in [0.2, 0.25) is 0 Å². The summed E-state index contributed by atoms with van der Waals surface area (Å²) in [6, 6.07) is 5.64. The lowest BCUT2D eigenvalue weighted by Crippen LogP contribution is -1.96. The summed E-state index contributed by atoms with van der Waals surface area (Å²) in [5, 5.41) is 15.4. The number of aromatic nitrogens is 2. The molecular weight excluding hydrogens is 272 g/mol. The second-order valence-corrected chi connectivity index (χ2v) is 4.28. The molecule has 4 nitrogen and oxygen atoms in total. The normalized spacial score (nSPS) is 10.4. The van der Waals surface area contributed by atoms with E-state index >= 15 is 0 Å². The van der Waals surface area contributed by atoms with Crippen LogP contribution in [0.1, 0.15) is 15.9 Å². The van der Waals surface area contributed by atoms with Gasteiger partial charge < -0.3 is 5.11 Å². The van der Waals surface area contributed by atoms with Crippen LogP contribution in [0.3, 0.4) is 0 Å². The van der Waals surface area contributed by atoms with Gasteiger partial charge in [-0.2, -0.15) is 5.10 Å². The number of H-pyrrole nitrogens is 1. The van der Waals surface area contributed by atoms with E-state index in [4.69, 9.17) is 5.11 Å². The zero-order valence-corrected chi connectivity index (χ0v) is 10.1. The SMILES string of the molecule is Cc1cc(-c2[nH]ncc2C(=O)O)ccc1Br. The summed E-state index contributed by atoms with van der Waals surface area (Å²) in [6.45, 7) is 1.95. The van der Waals surface area contributed by atoms with E-state index < -0.39 is 5.97 Å². The fourth-order valence-corrected chi connectivity index (χ4v) is 1.72. The quantitative estimate of drug-likeness (QED) is 0.889.